The third-order valence-electron chi connectivity index (χ3n) is 3.50. The van der Waals surface area contributed by atoms with Crippen LogP contribution in [0.15, 0.2) is 53.0 Å². The highest BCUT2D eigenvalue weighted by Crippen LogP contribution is 2.25. The van der Waals surface area contributed by atoms with Gasteiger partial charge in [0, 0.05) is 11.6 Å². The zero-order chi connectivity index (χ0) is 15.9. The molecule has 0 aliphatic heterocycles. The van der Waals surface area contributed by atoms with E-state index in [1.807, 2.05) is 25.1 Å². The van der Waals surface area contributed by atoms with Gasteiger partial charge in [0.2, 0.25) is 0 Å². The molecule has 4 heteroatoms. The van der Waals surface area contributed by atoms with Crippen molar-refractivity contribution in [3.63, 3.8) is 0 Å². The van der Waals surface area contributed by atoms with Gasteiger partial charge in [0.1, 0.15) is 5.75 Å². The largest absolute Gasteiger partial charge is 0.496 e. The molecular formula is C18H20BrNO2. The van der Waals surface area contributed by atoms with Crippen LogP contribution >= 0.6 is 15.9 Å². The fourth-order valence-corrected chi connectivity index (χ4v) is 2.76. The molecule has 1 unspecified atom stereocenters. The molecular weight excluding hydrogens is 342 g/mol. The summed E-state index contributed by atoms with van der Waals surface area (Å²) in [5.74, 6) is 0.651. The van der Waals surface area contributed by atoms with Crippen LogP contribution in [0.4, 0.5) is 0 Å². The van der Waals surface area contributed by atoms with Crippen LogP contribution in [0.3, 0.4) is 0 Å². The predicted molar refractivity (Wildman–Crippen MR) is 92.4 cm³/mol. The van der Waals surface area contributed by atoms with Crippen LogP contribution in [0, 0.1) is 0 Å². The van der Waals surface area contributed by atoms with Crippen molar-refractivity contribution in [2.75, 3.05) is 7.11 Å². The van der Waals surface area contributed by atoms with Gasteiger partial charge in [-0.3, -0.25) is 4.79 Å². The lowest BCUT2D eigenvalue weighted by Crippen LogP contribution is -2.32. The van der Waals surface area contributed by atoms with Crippen LogP contribution in [-0.2, 0) is 6.42 Å². The Morgan fingerprint density at radius 2 is 1.95 bits per heavy atom. The highest BCUT2D eigenvalue weighted by molar-refractivity contribution is 9.10. The minimum atomic E-state index is -0.0658. The summed E-state index contributed by atoms with van der Waals surface area (Å²) >= 11 is 3.40. The Morgan fingerprint density at radius 1 is 1.23 bits per heavy atom. The Bertz CT molecular complexity index is 628. The van der Waals surface area contributed by atoms with Crippen LogP contribution < -0.4 is 10.1 Å². The second-order valence-electron chi connectivity index (χ2n) is 5.25. The van der Waals surface area contributed by atoms with Crippen molar-refractivity contribution in [2.24, 2.45) is 0 Å². The zero-order valence-corrected chi connectivity index (χ0v) is 14.4. The van der Waals surface area contributed by atoms with Gasteiger partial charge in [-0.2, -0.15) is 0 Å². The average molecular weight is 362 g/mol. The van der Waals surface area contributed by atoms with Crippen molar-refractivity contribution >= 4 is 21.8 Å². The van der Waals surface area contributed by atoms with Gasteiger partial charge in [-0.25, -0.2) is 0 Å². The van der Waals surface area contributed by atoms with Crippen LogP contribution in [0.25, 0.3) is 0 Å². The summed E-state index contributed by atoms with van der Waals surface area (Å²) in [4.78, 5) is 12.2. The molecule has 0 heterocycles. The summed E-state index contributed by atoms with van der Waals surface area (Å²) < 4.78 is 5.95. The smallest absolute Gasteiger partial charge is 0.251 e. The van der Waals surface area contributed by atoms with E-state index in [0.717, 1.165) is 17.3 Å². The summed E-state index contributed by atoms with van der Waals surface area (Å²) in [5, 5.41) is 3.03. The quantitative estimate of drug-likeness (QED) is 0.836. The number of rotatable bonds is 6. The maximum atomic E-state index is 12.2. The highest BCUT2D eigenvalue weighted by Gasteiger charge is 2.11. The number of amides is 1. The first-order chi connectivity index (χ1) is 10.6. The van der Waals surface area contributed by atoms with E-state index < -0.39 is 0 Å². The molecule has 0 spiro atoms. The van der Waals surface area contributed by atoms with Crippen molar-refractivity contribution in [3.8, 4) is 5.75 Å². The lowest BCUT2D eigenvalue weighted by Gasteiger charge is -2.14. The summed E-state index contributed by atoms with van der Waals surface area (Å²) in [5.41, 5.74) is 1.91. The standard InChI is InChI=1S/C18H20BrNO2/c1-13(8-9-14-6-4-3-5-7-14)20-18(21)15-10-11-17(22-2)16(19)12-15/h3-7,10-13H,8-9H2,1-2H3,(H,20,21). The number of methoxy groups -OCH3 is 1. The molecule has 0 saturated heterocycles. The van der Waals surface area contributed by atoms with E-state index in [-0.39, 0.29) is 11.9 Å². The Hall–Kier alpha value is -1.81. The number of carbonyl (C=O) groups is 1. The van der Waals surface area contributed by atoms with E-state index in [9.17, 15) is 4.79 Å². The van der Waals surface area contributed by atoms with E-state index in [0.29, 0.717) is 11.3 Å². The van der Waals surface area contributed by atoms with Gasteiger partial charge < -0.3 is 10.1 Å². The summed E-state index contributed by atoms with van der Waals surface area (Å²) in [6.07, 6.45) is 1.86. The second kappa shape index (κ2) is 7.99. The molecule has 3 nitrogen and oxygen atoms in total. The minimum absolute atomic E-state index is 0.0658. The Morgan fingerprint density at radius 3 is 2.59 bits per heavy atom. The van der Waals surface area contributed by atoms with Gasteiger partial charge in [0.15, 0.2) is 0 Å². The zero-order valence-electron chi connectivity index (χ0n) is 12.8. The maximum absolute atomic E-state index is 12.2. The van der Waals surface area contributed by atoms with Crippen molar-refractivity contribution in [1.29, 1.82) is 0 Å². The first-order valence-electron chi connectivity index (χ1n) is 7.28. The summed E-state index contributed by atoms with van der Waals surface area (Å²) in [6.45, 7) is 2.03. The lowest BCUT2D eigenvalue weighted by atomic mass is 10.1. The molecule has 0 saturated carbocycles. The van der Waals surface area contributed by atoms with Crippen molar-refractivity contribution in [1.82, 2.24) is 5.32 Å². The first kappa shape index (κ1) is 16.6. The number of nitrogens with one attached hydrogen (secondary N) is 1. The lowest BCUT2D eigenvalue weighted by molar-refractivity contribution is 0.0938. The predicted octanol–water partition coefficient (Wildman–Crippen LogP) is 4.21. The van der Waals surface area contributed by atoms with Gasteiger partial charge in [-0.15, -0.1) is 0 Å². The molecule has 1 atom stereocenters. The molecule has 0 aromatic heterocycles. The normalized spacial score (nSPS) is 11.8. The molecule has 0 fully saturated rings. The number of ether oxygens (including phenoxy) is 1. The molecule has 22 heavy (non-hydrogen) atoms. The molecule has 116 valence electrons. The van der Waals surface area contributed by atoms with Crippen LogP contribution in [0.2, 0.25) is 0 Å². The molecule has 0 aliphatic rings. The number of aryl methyl sites for hydroxylation is 1. The topological polar surface area (TPSA) is 38.3 Å². The summed E-state index contributed by atoms with van der Waals surface area (Å²) in [7, 11) is 1.60. The molecule has 0 bridgehead atoms. The fraction of sp³-hybridized carbons (Fsp3) is 0.278. The fourth-order valence-electron chi connectivity index (χ4n) is 2.21. The molecule has 0 aliphatic carbocycles. The number of halogens is 1. The van der Waals surface area contributed by atoms with Gasteiger partial charge in [-0.05, 0) is 59.5 Å². The molecule has 2 aromatic rings. The number of hydrogen-bond donors (Lipinski definition) is 1. The molecule has 2 aromatic carbocycles. The van der Waals surface area contributed by atoms with E-state index in [2.05, 4.69) is 33.4 Å². The first-order valence-corrected chi connectivity index (χ1v) is 8.08. The van der Waals surface area contributed by atoms with Gasteiger partial charge in [0.05, 0.1) is 11.6 Å². The third kappa shape index (κ3) is 4.60. The minimum Gasteiger partial charge on any atom is -0.496 e. The van der Waals surface area contributed by atoms with E-state index in [1.54, 1.807) is 25.3 Å². The Kier molecular flexibility index (Phi) is 6.01. The average Bonchev–Trinajstić information content (AvgIpc) is 2.53. The van der Waals surface area contributed by atoms with Crippen LogP contribution in [0.5, 0.6) is 5.75 Å². The van der Waals surface area contributed by atoms with Gasteiger partial charge >= 0.3 is 0 Å². The van der Waals surface area contributed by atoms with Crippen molar-refractivity contribution < 1.29 is 9.53 Å². The van der Waals surface area contributed by atoms with Crippen molar-refractivity contribution in [3.05, 3.63) is 64.1 Å². The van der Waals surface area contributed by atoms with Gasteiger partial charge in [-0.1, -0.05) is 30.3 Å². The number of hydrogen-bond acceptors (Lipinski definition) is 2. The highest BCUT2D eigenvalue weighted by atomic mass is 79.9. The third-order valence-corrected chi connectivity index (χ3v) is 4.12. The van der Waals surface area contributed by atoms with E-state index >= 15 is 0 Å². The van der Waals surface area contributed by atoms with Crippen LogP contribution in [0.1, 0.15) is 29.3 Å². The van der Waals surface area contributed by atoms with Gasteiger partial charge in [0.25, 0.3) is 5.91 Å². The van der Waals surface area contributed by atoms with Crippen LogP contribution in [-0.4, -0.2) is 19.1 Å². The monoisotopic (exact) mass is 361 g/mol. The van der Waals surface area contributed by atoms with E-state index in [4.69, 9.17) is 4.74 Å². The molecule has 1 amide bonds. The maximum Gasteiger partial charge on any atom is 0.251 e. The second-order valence-corrected chi connectivity index (χ2v) is 6.10. The number of benzene rings is 2. The molecule has 0 radical (unpaired) electrons. The SMILES string of the molecule is COc1ccc(C(=O)NC(C)CCc2ccccc2)cc1Br. The van der Waals surface area contributed by atoms with E-state index in [1.165, 1.54) is 5.56 Å². The number of carbonyl (C=O) groups excluding carboxylic acids is 1. The molecule has 1 N–H and O–H groups in total. The molecule has 2 rings (SSSR count). The summed E-state index contributed by atoms with van der Waals surface area (Å²) in [6, 6.07) is 15.7. The Labute approximate surface area is 139 Å². The van der Waals surface area contributed by atoms with Crippen molar-refractivity contribution in [2.45, 2.75) is 25.8 Å². The Balaban J connectivity index is 1.89.